The Morgan fingerprint density at radius 1 is 1.11 bits per heavy atom. The van der Waals surface area contributed by atoms with E-state index in [1.807, 2.05) is 67.1 Å². The summed E-state index contributed by atoms with van der Waals surface area (Å²) < 4.78 is 19.6. The highest BCUT2D eigenvalue weighted by molar-refractivity contribution is 7.99. The van der Waals surface area contributed by atoms with Gasteiger partial charge in [0, 0.05) is 12.8 Å². The number of hydrogen-bond acceptors (Lipinski definition) is 6. The van der Waals surface area contributed by atoms with Crippen molar-refractivity contribution in [2.75, 3.05) is 19.0 Å². The fraction of sp³-hybridized carbons (Fsp3) is 0.300. The van der Waals surface area contributed by atoms with Gasteiger partial charge < -0.3 is 18.8 Å². The number of aromatic nitrogens is 3. The maximum atomic E-state index is 6.03. The molecule has 7 heteroatoms. The third kappa shape index (κ3) is 3.88. The minimum Gasteiger partial charge on any atom is -0.492 e. The van der Waals surface area contributed by atoms with E-state index in [0.29, 0.717) is 13.2 Å². The zero-order valence-corrected chi connectivity index (χ0v) is 16.1. The van der Waals surface area contributed by atoms with Gasteiger partial charge in [0.15, 0.2) is 28.6 Å². The van der Waals surface area contributed by atoms with Crippen LogP contribution in [-0.4, -0.2) is 33.7 Å². The molecular weight excluding hydrogens is 362 g/mol. The number of para-hydroxylation sites is 3. The maximum absolute atomic E-state index is 6.03. The van der Waals surface area contributed by atoms with Gasteiger partial charge >= 0.3 is 0 Å². The van der Waals surface area contributed by atoms with Gasteiger partial charge in [-0.25, -0.2) is 0 Å². The van der Waals surface area contributed by atoms with Gasteiger partial charge in [0.05, 0.1) is 6.61 Å². The molecule has 2 heterocycles. The zero-order chi connectivity index (χ0) is 18.6. The average molecular weight is 383 g/mol. The van der Waals surface area contributed by atoms with Gasteiger partial charge in [-0.3, -0.25) is 0 Å². The third-order valence-corrected chi connectivity index (χ3v) is 5.32. The number of fused-ring (bicyclic) bond motifs is 1. The number of ether oxygens (including phenoxy) is 3. The Balaban J connectivity index is 1.35. The summed E-state index contributed by atoms with van der Waals surface area (Å²) in [6, 6.07) is 15.7. The van der Waals surface area contributed by atoms with Crippen molar-refractivity contribution in [3.05, 3.63) is 59.9 Å². The summed E-state index contributed by atoms with van der Waals surface area (Å²) in [7, 11) is 1.95. The van der Waals surface area contributed by atoms with E-state index in [2.05, 4.69) is 10.2 Å². The number of benzene rings is 2. The van der Waals surface area contributed by atoms with Crippen molar-refractivity contribution < 1.29 is 14.2 Å². The van der Waals surface area contributed by atoms with Crippen LogP contribution in [0.4, 0.5) is 0 Å². The topological polar surface area (TPSA) is 58.4 Å². The predicted octanol–water partition coefficient (Wildman–Crippen LogP) is 3.81. The molecule has 0 N–H and O–H groups in total. The third-order valence-electron chi connectivity index (χ3n) is 4.33. The first kappa shape index (κ1) is 17.7. The predicted molar refractivity (Wildman–Crippen MR) is 104 cm³/mol. The normalized spacial score (nSPS) is 15.6. The molecule has 1 aromatic heterocycles. The zero-order valence-electron chi connectivity index (χ0n) is 15.3. The van der Waals surface area contributed by atoms with Crippen LogP contribution in [0.3, 0.4) is 0 Å². The molecule has 0 aliphatic carbocycles. The van der Waals surface area contributed by atoms with Crippen LogP contribution in [0.1, 0.15) is 17.5 Å². The molecule has 1 atom stereocenters. The van der Waals surface area contributed by atoms with Crippen LogP contribution < -0.4 is 14.2 Å². The van der Waals surface area contributed by atoms with Crippen molar-refractivity contribution in [2.24, 2.45) is 7.05 Å². The van der Waals surface area contributed by atoms with Gasteiger partial charge in [-0.05, 0) is 30.7 Å². The first-order chi connectivity index (χ1) is 13.2. The number of rotatable bonds is 6. The molecule has 27 heavy (non-hydrogen) atoms. The smallest absolute Gasteiger partial charge is 0.192 e. The van der Waals surface area contributed by atoms with Crippen molar-refractivity contribution >= 4 is 11.8 Å². The molecule has 6 nitrogen and oxygen atoms in total. The van der Waals surface area contributed by atoms with E-state index in [-0.39, 0.29) is 6.10 Å². The molecule has 0 bridgehead atoms. The monoisotopic (exact) mass is 383 g/mol. The van der Waals surface area contributed by atoms with E-state index in [0.717, 1.165) is 39.5 Å². The second kappa shape index (κ2) is 7.92. The molecule has 0 saturated heterocycles. The minimum atomic E-state index is -0.269. The summed E-state index contributed by atoms with van der Waals surface area (Å²) >= 11 is 1.61. The lowest BCUT2D eigenvalue weighted by Gasteiger charge is -2.25. The Kier molecular flexibility index (Phi) is 5.20. The summed E-state index contributed by atoms with van der Waals surface area (Å²) in [4.78, 5) is 0. The largest absolute Gasteiger partial charge is 0.492 e. The molecule has 0 fully saturated rings. The highest BCUT2D eigenvalue weighted by atomic mass is 32.2. The van der Waals surface area contributed by atoms with E-state index in [4.69, 9.17) is 14.2 Å². The molecule has 2 aromatic carbocycles. The summed E-state index contributed by atoms with van der Waals surface area (Å²) in [5.74, 6) is 3.96. The van der Waals surface area contributed by atoms with Crippen LogP contribution >= 0.6 is 11.8 Å². The van der Waals surface area contributed by atoms with Crippen LogP contribution in [0.15, 0.2) is 53.7 Å². The Bertz CT molecular complexity index is 928. The standard InChI is InChI=1S/C20H21N3O3S/c1-14-7-3-4-8-15(14)24-11-12-27-20-22-21-19(23(20)2)18-13-25-16-9-5-6-10-17(16)26-18/h3-10,18H,11-13H2,1-2H3. The summed E-state index contributed by atoms with van der Waals surface area (Å²) in [5.41, 5.74) is 1.14. The van der Waals surface area contributed by atoms with Crippen LogP contribution in [0.5, 0.6) is 17.2 Å². The number of hydrogen-bond donors (Lipinski definition) is 0. The summed E-state index contributed by atoms with van der Waals surface area (Å²) in [6.45, 7) is 3.07. The van der Waals surface area contributed by atoms with Crippen LogP contribution in [-0.2, 0) is 7.05 Å². The van der Waals surface area contributed by atoms with E-state index in [1.54, 1.807) is 11.8 Å². The summed E-state index contributed by atoms with van der Waals surface area (Å²) in [6.07, 6.45) is -0.269. The van der Waals surface area contributed by atoms with Gasteiger partial charge in [-0.15, -0.1) is 10.2 Å². The van der Waals surface area contributed by atoms with Gasteiger partial charge in [0.25, 0.3) is 0 Å². The lowest BCUT2D eigenvalue weighted by atomic mass is 10.2. The Hall–Kier alpha value is -2.67. The van der Waals surface area contributed by atoms with E-state index >= 15 is 0 Å². The molecule has 0 radical (unpaired) electrons. The van der Waals surface area contributed by atoms with Crippen LogP contribution in [0.25, 0.3) is 0 Å². The Morgan fingerprint density at radius 3 is 2.74 bits per heavy atom. The second-order valence-corrected chi connectivity index (χ2v) is 7.29. The minimum absolute atomic E-state index is 0.269. The van der Waals surface area contributed by atoms with Crippen molar-refractivity contribution in [3.63, 3.8) is 0 Å². The molecule has 3 aromatic rings. The number of aryl methyl sites for hydroxylation is 1. The molecule has 1 aliphatic rings. The fourth-order valence-electron chi connectivity index (χ4n) is 2.88. The molecule has 4 rings (SSSR count). The van der Waals surface area contributed by atoms with Gasteiger partial charge in [-0.2, -0.15) is 0 Å². The maximum Gasteiger partial charge on any atom is 0.192 e. The van der Waals surface area contributed by atoms with E-state index in [9.17, 15) is 0 Å². The molecule has 0 spiro atoms. The van der Waals surface area contributed by atoms with Crippen molar-refractivity contribution in [2.45, 2.75) is 18.2 Å². The number of nitrogens with zero attached hydrogens (tertiary/aromatic N) is 3. The Labute approximate surface area is 162 Å². The molecule has 140 valence electrons. The van der Waals surface area contributed by atoms with Crippen molar-refractivity contribution in [1.29, 1.82) is 0 Å². The highest BCUT2D eigenvalue weighted by Crippen LogP contribution is 2.35. The van der Waals surface area contributed by atoms with Crippen LogP contribution in [0.2, 0.25) is 0 Å². The molecule has 1 unspecified atom stereocenters. The molecule has 0 saturated carbocycles. The van der Waals surface area contributed by atoms with E-state index in [1.165, 1.54) is 0 Å². The van der Waals surface area contributed by atoms with Gasteiger partial charge in [0.2, 0.25) is 0 Å². The first-order valence-electron chi connectivity index (χ1n) is 8.81. The average Bonchev–Trinajstić information content (AvgIpc) is 3.06. The fourth-order valence-corrected chi connectivity index (χ4v) is 3.62. The molecular formula is C20H21N3O3S. The molecule has 1 aliphatic heterocycles. The number of thioether (sulfide) groups is 1. The first-order valence-corrected chi connectivity index (χ1v) is 9.80. The van der Waals surface area contributed by atoms with Crippen molar-refractivity contribution in [3.8, 4) is 17.2 Å². The van der Waals surface area contributed by atoms with E-state index < -0.39 is 0 Å². The highest BCUT2D eigenvalue weighted by Gasteiger charge is 2.27. The quantitative estimate of drug-likeness (QED) is 0.477. The van der Waals surface area contributed by atoms with Crippen molar-refractivity contribution in [1.82, 2.24) is 14.8 Å². The Morgan fingerprint density at radius 2 is 1.89 bits per heavy atom. The lowest BCUT2D eigenvalue weighted by molar-refractivity contribution is 0.0825. The van der Waals surface area contributed by atoms with Gasteiger partial charge in [0.1, 0.15) is 12.4 Å². The lowest BCUT2D eigenvalue weighted by Crippen LogP contribution is -2.24. The SMILES string of the molecule is Cc1ccccc1OCCSc1nnc(C2COc3ccccc3O2)n1C. The summed E-state index contributed by atoms with van der Waals surface area (Å²) in [5, 5.41) is 9.44. The van der Waals surface area contributed by atoms with Gasteiger partial charge in [-0.1, -0.05) is 42.1 Å². The second-order valence-electron chi connectivity index (χ2n) is 6.23. The molecule has 0 amide bonds. The van der Waals surface area contributed by atoms with Crippen LogP contribution in [0, 0.1) is 6.92 Å².